The van der Waals surface area contributed by atoms with E-state index in [4.69, 9.17) is 10.2 Å². The topological polar surface area (TPSA) is 77.8 Å². The van der Waals surface area contributed by atoms with Crippen molar-refractivity contribution < 1.29 is 4.42 Å². The molecule has 5 nitrogen and oxygen atoms in total. The molecule has 3 rings (SSSR count). The normalized spacial score (nSPS) is 10.9. The van der Waals surface area contributed by atoms with Crippen LogP contribution in [0.15, 0.2) is 34.9 Å². The van der Waals surface area contributed by atoms with Gasteiger partial charge < -0.3 is 10.2 Å². The Kier molecular flexibility index (Phi) is 2.04. The molecule has 0 saturated heterocycles. The first-order valence-corrected chi connectivity index (χ1v) is 5.19. The molecule has 2 N–H and O–H groups in total. The van der Waals surface area contributed by atoms with Crippen LogP contribution in [0.1, 0.15) is 5.69 Å². The first kappa shape index (κ1) is 9.77. The van der Waals surface area contributed by atoms with Gasteiger partial charge in [-0.05, 0) is 19.1 Å². The molecule has 2 aromatic heterocycles. The van der Waals surface area contributed by atoms with Gasteiger partial charge in [0.05, 0.1) is 11.9 Å². The molecular weight excluding hydrogens is 216 g/mol. The van der Waals surface area contributed by atoms with Gasteiger partial charge in [-0.2, -0.15) is 0 Å². The SMILES string of the molecule is Cc1cnc(N)c(-c2nc3ccccc3o2)n1. The van der Waals surface area contributed by atoms with Crippen molar-refractivity contribution in [1.82, 2.24) is 15.0 Å². The molecule has 3 aromatic rings. The summed E-state index contributed by atoms with van der Waals surface area (Å²) in [5.41, 5.74) is 8.53. The Balaban J connectivity index is 2.23. The number of anilines is 1. The molecule has 0 aliphatic rings. The van der Waals surface area contributed by atoms with Crippen molar-refractivity contribution in [2.24, 2.45) is 0 Å². The van der Waals surface area contributed by atoms with E-state index in [9.17, 15) is 0 Å². The minimum Gasteiger partial charge on any atom is -0.435 e. The van der Waals surface area contributed by atoms with Gasteiger partial charge >= 0.3 is 0 Å². The number of hydrogen-bond acceptors (Lipinski definition) is 5. The predicted molar refractivity (Wildman–Crippen MR) is 64.2 cm³/mol. The molecular formula is C12H10N4O. The van der Waals surface area contributed by atoms with Crippen molar-refractivity contribution in [3.8, 4) is 11.6 Å². The summed E-state index contributed by atoms with van der Waals surface area (Å²) in [5, 5.41) is 0. The van der Waals surface area contributed by atoms with E-state index in [-0.39, 0.29) is 0 Å². The predicted octanol–water partition coefficient (Wildman–Crippen LogP) is 2.18. The highest BCUT2D eigenvalue weighted by Crippen LogP contribution is 2.25. The number of nitrogens with two attached hydrogens (primary N) is 1. The molecule has 0 bridgehead atoms. The molecule has 0 amide bonds. The van der Waals surface area contributed by atoms with Crippen molar-refractivity contribution in [3.05, 3.63) is 36.2 Å². The fraction of sp³-hybridized carbons (Fsp3) is 0.0833. The average Bonchev–Trinajstić information content (AvgIpc) is 2.75. The summed E-state index contributed by atoms with van der Waals surface area (Å²) in [4.78, 5) is 12.7. The smallest absolute Gasteiger partial charge is 0.250 e. The first-order valence-electron chi connectivity index (χ1n) is 5.19. The van der Waals surface area contributed by atoms with Crippen molar-refractivity contribution in [3.63, 3.8) is 0 Å². The molecule has 0 atom stereocenters. The lowest BCUT2D eigenvalue weighted by atomic mass is 10.3. The van der Waals surface area contributed by atoms with Gasteiger partial charge in [-0.1, -0.05) is 12.1 Å². The van der Waals surface area contributed by atoms with E-state index in [2.05, 4.69) is 15.0 Å². The van der Waals surface area contributed by atoms with Crippen LogP contribution in [0.5, 0.6) is 0 Å². The highest BCUT2D eigenvalue weighted by Gasteiger charge is 2.13. The second-order valence-electron chi connectivity index (χ2n) is 3.73. The zero-order chi connectivity index (χ0) is 11.8. The first-order chi connectivity index (χ1) is 8.24. The van der Waals surface area contributed by atoms with Gasteiger partial charge in [0.25, 0.3) is 0 Å². The van der Waals surface area contributed by atoms with Crippen molar-refractivity contribution in [2.45, 2.75) is 6.92 Å². The molecule has 1 aromatic carbocycles. The molecule has 17 heavy (non-hydrogen) atoms. The number of oxazole rings is 1. The number of rotatable bonds is 1. The fourth-order valence-corrected chi connectivity index (χ4v) is 1.62. The number of aromatic nitrogens is 3. The van der Waals surface area contributed by atoms with Crippen molar-refractivity contribution >= 4 is 16.9 Å². The number of para-hydroxylation sites is 2. The Hall–Kier alpha value is -2.43. The van der Waals surface area contributed by atoms with Gasteiger partial charge in [0.1, 0.15) is 5.52 Å². The quantitative estimate of drug-likeness (QED) is 0.688. The second kappa shape index (κ2) is 3.55. The van der Waals surface area contributed by atoms with E-state index in [1.165, 1.54) is 0 Å². The highest BCUT2D eigenvalue weighted by molar-refractivity contribution is 5.77. The van der Waals surface area contributed by atoms with Gasteiger partial charge in [0, 0.05) is 0 Å². The lowest BCUT2D eigenvalue weighted by Gasteiger charge is -1.99. The summed E-state index contributed by atoms with van der Waals surface area (Å²) < 4.78 is 5.60. The van der Waals surface area contributed by atoms with E-state index in [1.54, 1.807) is 6.20 Å². The molecule has 0 unspecified atom stereocenters. The molecule has 84 valence electrons. The van der Waals surface area contributed by atoms with E-state index >= 15 is 0 Å². The number of nitrogens with zero attached hydrogens (tertiary/aromatic N) is 3. The van der Waals surface area contributed by atoms with Crippen LogP contribution in [0.3, 0.4) is 0 Å². The third-order valence-electron chi connectivity index (χ3n) is 2.42. The minimum absolute atomic E-state index is 0.321. The van der Waals surface area contributed by atoms with Crippen LogP contribution in [-0.2, 0) is 0 Å². The standard InChI is InChI=1S/C12H10N4O/c1-7-6-14-11(13)10(15-7)12-16-8-4-2-3-5-9(8)17-12/h2-6H,1H3,(H2,13,14). The van der Waals surface area contributed by atoms with E-state index in [0.29, 0.717) is 23.0 Å². The molecule has 0 saturated carbocycles. The minimum atomic E-state index is 0.321. The van der Waals surface area contributed by atoms with Crippen LogP contribution in [-0.4, -0.2) is 15.0 Å². The lowest BCUT2D eigenvalue weighted by Crippen LogP contribution is -1.98. The maximum absolute atomic E-state index is 5.77. The van der Waals surface area contributed by atoms with Crippen molar-refractivity contribution in [2.75, 3.05) is 5.73 Å². The summed E-state index contributed by atoms with van der Waals surface area (Å²) in [7, 11) is 0. The van der Waals surface area contributed by atoms with Crippen LogP contribution < -0.4 is 5.73 Å². The van der Waals surface area contributed by atoms with Gasteiger partial charge in [-0.15, -0.1) is 0 Å². The summed E-state index contributed by atoms with van der Waals surface area (Å²) in [6.45, 7) is 1.85. The Labute approximate surface area is 97.3 Å². The maximum atomic E-state index is 5.77. The van der Waals surface area contributed by atoms with Gasteiger partial charge in [-0.25, -0.2) is 15.0 Å². The number of benzene rings is 1. The molecule has 0 aliphatic heterocycles. The third-order valence-corrected chi connectivity index (χ3v) is 2.42. The molecule has 5 heteroatoms. The van der Waals surface area contributed by atoms with E-state index in [1.807, 2.05) is 31.2 Å². The van der Waals surface area contributed by atoms with Crippen LogP contribution in [0.4, 0.5) is 5.82 Å². The Morgan fingerprint density at radius 3 is 2.82 bits per heavy atom. The van der Waals surface area contributed by atoms with Gasteiger partial charge in [-0.3, -0.25) is 0 Å². The lowest BCUT2D eigenvalue weighted by molar-refractivity contribution is 0.616. The summed E-state index contributed by atoms with van der Waals surface area (Å²) >= 11 is 0. The highest BCUT2D eigenvalue weighted by atomic mass is 16.3. The Morgan fingerprint density at radius 1 is 1.18 bits per heavy atom. The summed E-state index contributed by atoms with van der Waals surface area (Å²) in [5.74, 6) is 0.724. The van der Waals surface area contributed by atoms with Gasteiger partial charge in [0.2, 0.25) is 5.89 Å². The molecule has 0 fully saturated rings. The molecule has 2 heterocycles. The molecule has 0 aliphatic carbocycles. The largest absolute Gasteiger partial charge is 0.435 e. The zero-order valence-electron chi connectivity index (χ0n) is 9.21. The third kappa shape index (κ3) is 1.61. The Morgan fingerprint density at radius 2 is 2.00 bits per heavy atom. The van der Waals surface area contributed by atoms with Crippen LogP contribution >= 0.6 is 0 Å². The Bertz CT molecular complexity index is 657. The van der Waals surface area contributed by atoms with E-state index in [0.717, 1.165) is 11.2 Å². The number of hydrogen-bond donors (Lipinski definition) is 1. The van der Waals surface area contributed by atoms with Crippen LogP contribution in [0, 0.1) is 6.92 Å². The maximum Gasteiger partial charge on any atom is 0.250 e. The number of aryl methyl sites for hydroxylation is 1. The van der Waals surface area contributed by atoms with Crippen molar-refractivity contribution in [1.29, 1.82) is 0 Å². The monoisotopic (exact) mass is 226 g/mol. The van der Waals surface area contributed by atoms with Crippen LogP contribution in [0.25, 0.3) is 22.7 Å². The molecule has 0 spiro atoms. The number of nitrogen functional groups attached to an aromatic ring is 1. The number of fused-ring (bicyclic) bond motifs is 1. The zero-order valence-corrected chi connectivity index (χ0v) is 9.21. The van der Waals surface area contributed by atoms with Gasteiger partial charge in [0.15, 0.2) is 17.1 Å². The summed E-state index contributed by atoms with van der Waals surface area (Å²) in [6, 6.07) is 7.52. The average molecular weight is 226 g/mol. The second-order valence-corrected chi connectivity index (χ2v) is 3.73. The molecule has 0 radical (unpaired) electrons. The van der Waals surface area contributed by atoms with E-state index < -0.39 is 0 Å². The van der Waals surface area contributed by atoms with Crippen LogP contribution in [0.2, 0.25) is 0 Å². The fourth-order valence-electron chi connectivity index (χ4n) is 1.62. The summed E-state index contributed by atoms with van der Waals surface area (Å²) in [6.07, 6.45) is 1.61.